The van der Waals surface area contributed by atoms with Crippen LogP contribution in [0.15, 0.2) is 97.3 Å². The van der Waals surface area contributed by atoms with Gasteiger partial charge in [0.15, 0.2) is 0 Å². The first kappa shape index (κ1) is 47.2. The predicted molar refractivity (Wildman–Crippen MR) is 249 cm³/mol. The molecule has 0 unspecified atom stereocenters. The van der Waals surface area contributed by atoms with Gasteiger partial charge >= 0.3 is 0 Å². The molecule has 14 nitrogen and oxygen atoms in total. The molecule has 16 heteroatoms. The first-order valence-corrected chi connectivity index (χ1v) is 22.5. The fourth-order valence-corrected chi connectivity index (χ4v) is 8.97. The normalized spacial score (nSPS) is 21.0. The van der Waals surface area contributed by atoms with Crippen molar-refractivity contribution in [3.05, 3.63) is 130 Å². The van der Waals surface area contributed by atoms with Gasteiger partial charge in [-0.25, -0.2) is 4.98 Å². The summed E-state index contributed by atoms with van der Waals surface area (Å²) < 4.78 is 14.0. The maximum Gasteiger partial charge on any atom is 0.245 e. The van der Waals surface area contributed by atoms with E-state index in [-0.39, 0.29) is 38.4 Å². The monoisotopic (exact) mass is 922 g/mol. The van der Waals surface area contributed by atoms with Gasteiger partial charge in [-0.1, -0.05) is 47.5 Å². The van der Waals surface area contributed by atoms with Crippen molar-refractivity contribution in [2.45, 2.75) is 69.7 Å². The van der Waals surface area contributed by atoms with Gasteiger partial charge in [-0.15, -0.1) is 0 Å². The number of benzene rings is 3. The lowest BCUT2D eigenvalue weighted by atomic mass is 9.82. The van der Waals surface area contributed by atoms with Crippen molar-refractivity contribution >= 4 is 46.8 Å². The lowest BCUT2D eigenvalue weighted by molar-refractivity contribution is -0.148. The van der Waals surface area contributed by atoms with Crippen LogP contribution in [0.1, 0.15) is 48.8 Å². The summed E-state index contributed by atoms with van der Waals surface area (Å²) in [5.41, 5.74) is 3.14. The van der Waals surface area contributed by atoms with Crippen LogP contribution in [0.2, 0.25) is 10.0 Å². The third-order valence-electron chi connectivity index (χ3n) is 12.1. The fraction of sp³-hybridized carbons (Fsp3) is 0.388. The molecule has 65 heavy (non-hydrogen) atoms. The Bertz CT molecular complexity index is 2470. The molecule has 4 amide bonds. The molecule has 2 saturated heterocycles. The van der Waals surface area contributed by atoms with Crippen molar-refractivity contribution in [1.82, 2.24) is 39.9 Å². The van der Waals surface area contributed by atoms with E-state index in [1.54, 1.807) is 54.4 Å². The largest absolute Gasteiger partial charge is 0.457 e. The number of rotatable bonds is 13. The molecule has 4 heterocycles. The molecule has 0 saturated carbocycles. The number of ether oxygens (including phenoxy) is 2. The average Bonchev–Trinajstić information content (AvgIpc) is 3.64. The molecule has 4 atom stereocenters. The van der Waals surface area contributed by atoms with Gasteiger partial charge in [0.05, 0.1) is 43.0 Å². The second-order valence-electron chi connectivity index (χ2n) is 17.3. The number of imidazole rings is 1. The molecular weight excluding hydrogens is 867 g/mol. The van der Waals surface area contributed by atoms with Crippen molar-refractivity contribution in [3.63, 3.8) is 0 Å². The number of piperidine rings is 1. The van der Waals surface area contributed by atoms with Gasteiger partial charge in [0.25, 0.3) is 0 Å². The van der Waals surface area contributed by atoms with E-state index in [0.29, 0.717) is 65.2 Å². The van der Waals surface area contributed by atoms with Gasteiger partial charge in [-0.05, 0) is 107 Å². The van der Waals surface area contributed by atoms with Crippen LogP contribution < -0.4 is 15.4 Å². The maximum atomic E-state index is 14.9. The molecular formula is C49H56Cl2N8O6. The highest BCUT2D eigenvalue weighted by molar-refractivity contribution is 6.31. The number of hydrogen-bond donors (Lipinski definition) is 2. The standard InChI is InChI=1S/C49H56Cl2N8O6/c1-32-46(61)54-41(30-64-5)47(62)55-49(26-33-10-15-37(50)16-11-33)20-8-22-58(31-49)48(63)36(23-39-9-6-7-21-52-39)24-45(60)59(32)28-35-12-17-38(51)25-43(35)65-40-18-13-34(14-19-40)42-27-53-44(57(42)4)29-56(2)3/h6-7,9-19,21,25,27,32,36,41H,8,20,22-24,26,28-31H2,1-5H3,(H,54,61)(H,55,62)/t32-,36+,41-,49+/m0/s1. The molecule has 2 aliphatic rings. The second-order valence-corrected chi connectivity index (χ2v) is 18.2. The predicted octanol–water partition coefficient (Wildman–Crippen LogP) is 6.47. The van der Waals surface area contributed by atoms with E-state index >= 15 is 0 Å². The van der Waals surface area contributed by atoms with E-state index in [1.165, 1.54) is 12.0 Å². The van der Waals surface area contributed by atoms with E-state index < -0.39 is 41.3 Å². The van der Waals surface area contributed by atoms with Gasteiger partial charge in [0, 0.05) is 73.2 Å². The molecule has 2 aromatic heterocycles. The van der Waals surface area contributed by atoms with Gasteiger partial charge in [-0.2, -0.15) is 0 Å². The zero-order valence-electron chi connectivity index (χ0n) is 37.4. The first-order valence-electron chi connectivity index (χ1n) is 21.8. The third-order valence-corrected chi connectivity index (χ3v) is 12.6. The summed E-state index contributed by atoms with van der Waals surface area (Å²) in [7, 11) is 7.43. The Morgan fingerprint density at radius 3 is 2.38 bits per heavy atom. The van der Waals surface area contributed by atoms with Gasteiger partial charge in [0.2, 0.25) is 23.6 Å². The molecule has 3 aromatic carbocycles. The molecule has 0 aliphatic carbocycles. The number of halogens is 2. The van der Waals surface area contributed by atoms with Crippen molar-refractivity contribution in [2.75, 3.05) is 40.9 Å². The molecule has 0 spiro atoms. The summed E-state index contributed by atoms with van der Waals surface area (Å²) in [6.07, 6.45) is 5.05. The number of methoxy groups -OCH3 is 1. The Kier molecular flexibility index (Phi) is 15.2. The SMILES string of the molecule is COC[C@@H]1NC(=O)[C@H](C)N(Cc2ccc(Cl)cc2Oc2ccc(-c3cnc(CN(C)C)n3C)cc2)C(=O)C[C@@H](Cc2ccccn2)C(=O)N2CCC[C@@](Cc3ccc(Cl)cc3)(C2)NC1=O. The number of aromatic nitrogens is 3. The van der Waals surface area contributed by atoms with Gasteiger partial charge < -0.3 is 39.4 Å². The molecule has 2 N–H and O–H groups in total. The minimum atomic E-state index is -1.11. The highest BCUT2D eigenvalue weighted by atomic mass is 35.5. The summed E-state index contributed by atoms with van der Waals surface area (Å²) in [6.45, 7) is 2.72. The Balaban J connectivity index is 1.21. The molecule has 5 aromatic rings. The third kappa shape index (κ3) is 11.7. The lowest BCUT2D eigenvalue weighted by Crippen LogP contribution is -2.65. The topological polar surface area (TPSA) is 151 Å². The summed E-state index contributed by atoms with van der Waals surface area (Å²) in [6, 6.07) is 23.4. The summed E-state index contributed by atoms with van der Waals surface area (Å²) in [5, 5.41) is 7.14. The van der Waals surface area contributed by atoms with Crippen LogP contribution in [0.5, 0.6) is 11.5 Å². The van der Waals surface area contributed by atoms with E-state index in [1.807, 2.05) is 75.9 Å². The Morgan fingerprint density at radius 2 is 1.68 bits per heavy atom. The summed E-state index contributed by atoms with van der Waals surface area (Å²) in [5.74, 6) is -0.718. The minimum absolute atomic E-state index is 0.0821. The molecule has 342 valence electrons. The molecule has 7 rings (SSSR count). The van der Waals surface area contributed by atoms with E-state index in [2.05, 4.69) is 30.1 Å². The number of pyridine rings is 1. The van der Waals surface area contributed by atoms with Crippen LogP contribution in [0.3, 0.4) is 0 Å². The summed E-state index contributed by atoms with van der Waals surface area (Å²) >= 11 is 12.8. The molecule has 2 bridgehead atoms. The van der Waals surface area contributed by atoms with Gasteiger partial charge in [0.1, 0.15) is 29.4 Å². The average molecular weight is 924 g/mol. The number of nitrogens with one attached hydrogen (secondary N) is 2. The zero-order valence-corrected chi connectivity index (χ0v) is 38.9. The van der Waals surface area contributed by atoms with Crippen molar-refractivity contribution < 1.29 is 28.7 Å². The number of carbonyl (C=O) groups excluding carboxylic acids is 4. The van der Waals surface area contributed by atoms with E-state index in [4.69, 9.17) is 32.7 Å². The van der Waals surface area contributed by atoms with E-state index in [9.17, 15) is 19.2 Å². The van der Waals surface area contributed by atoms with Gasteiger partial charge in [-0.3, -0.25) is 24.2 Å². The van der Waals surface area contributed by atoms with Crippen LogP contribution in [0, 0.1) is 5.92 Å². The van der Waals surface area contributed by atoms with Crippen molar-refractivity contribution in [3.8, 4) is 22.8 Å². The summed E-state index contributed by atoms with van der Waals surface area (Å²) in [4.78, 5) is 72.9. The minimum Gasteiger partial charge on any atom is -0.457 e. The molecule has 0 radical (unpaired) electrons. The zero-order chi connectivity index (χ0) is 46.3. The van der Waals surface area contributed by atoms with Crippen molar-refractivity contribution in [1.29, 1.82) is 0 Å². The maximum absolute atomic E-state index is 14.9. The number of fused-ring (bicyclic) bond motifs is 2. The van der Waals surface area contributed by atoms with Crippen LogP contribution in [-0.4, -0.2) is 111 Å². The molecule has 2 aliphatic heterocycles. The second kappa shape index (κ2) is 21.0. The Morgan fingerprint density at radius 1 is 0.923 bits per heavy atom. The van der Waals surface area contributed by atoms with Crippen molar-refractivity contribution in [2.24, 2.45) is 13.0 Å². The van der Waals surface area contributed by atoms with Crippen LogP contribution in [0.4, 0.5) is 0 Å². The van der Waals surface area contributed by atoms with Crippen LogP contribution in [0.25, 0.3) is 11.3 Å². The Labute approximate surface area is 390 Å². The quantitative estimate of drug-likeness (QED) is 0.135. The highest BCUT2D eigenvalue weighted by Crippen LogP contribution is 2.33. The number of hydrogen-bond acceptors (Lipinski definition) is 9. The Hall–Kier alpha value is -5.80. The fourth-order valence-electron chi connectivity index (χ4n) is 8.68. The van der Waals surface area contributed by atoms with Crippen LogP contribution >= 0.6 is 23.2 Å². The number of carbonyl (C=O) groups is 4. The highest BCUT2D eigenvalue weighted by Gasteiger charge is 2.43. The molecule has 2 fully saturated rings. The van der Waals surface area contributed by atoms with E-state index in [0.717, 1.165) is 22.6 Å². The number of nitrogens with zero attached hydrogens (tertiary/aromatic N) is 6. The smallest absolute Gasteiger partial charge is 0.245 e. The first-order chi connectivity index (χ1) is 31.2. The number of amides is 4. The lowest BCUT2D eigenvalue weighted by Gasteiger charge is -2.45. The van der Waals surface area contributed by atoms with Crippen LogP contribution in [-0.2, 0) is 56.9 Å².